The van der Waals surface area contributed by atoms with Crippen LogP contribution in [0.2, 0.25) is 0 Å². The summed E-state index contributed by atoms with van der Waals surface area (Å²) in [6.45, 7) is 3.10. The highest BCUT2D eigenvalue weighted by Crippen LogP contribution is 2.24. The molecule has 0 aliphatic carbocycles. The SMILES string of the molecule is CN(C)c1ccc(NCc2csc(N3CCCCC3)n2)cc1. The minimum Gasteiger partial charge on any atom is -0.379 e. The summed E-state index contributed by atoms with van der Waals surface area (Å²) < 4.78 is 0. The van der Waals surface area contributed by atoms with E-state index in [1.165, 1.54) is 30.1 Å². The first-order chi connectivity index (χ1) is 10.7. The zero-order valence-electron chi connectivity index (χ0n) is 13.4. The lowest BCUT2D eigenvalue weighted by atomic mass is 10.1. The van der Waals surface area contributed by atoms with Crippen LogP contribution in [-0.4, -0.2) is 32.2 Å². The van der Waals surface area contributed by atoms with Crippen molar-refractivity contribution >= 4 is 27.8 Å². The summed E-state index contributed by atoms with van der Waals surface area (Å²) >= 11 is 1.77. The zero-order valence-corrected chi connectivity index (χ0v) is 14.2. The zero-order chi connectivity index (χ0) is 15.4. The Balaban J connectivity index is 1.56. The Labute approximate surface area is 136 Å². The molecule has 1 N–H and O–H groups in total. The smallest absolute Gasteiger partial charge is 0.185 e. The molecule has 118 valence electrons. The van der Waals surface area contributed by atoms with Crippen molar-refractivity contribution in [1.82, 2.24) is 4.98 Å². The molecule has 1 aliphatic heterocycles. The van der Waals surface area contributed by atoms with Gasteiger partial charge in [-0.3, -0.25) is 0 Å². The number of aromatic nitrogens is 1. The maximum atomic E-state index is 4.77. The number of hydrogen-bond acceptors (Lipinski definition) is 5. The van der Waals surface area contributed by atoms with Crippen LogP contribution in [0.4, 0.5) is 16.5 Å². The van der Waals surface area contributed by atoms with Gasteiger partial charge in [0, 0.05) is 43.9 Å². The number of thiazole rings is 1. The van der Waals surface area contributed by atoms with Gasteiger partial charge in [-0.15, -0.1) is 11.3 Å². The van der Waals surface area contributed by atoms with Crippen molar-refractivity contribution in [2.24, 2.45) is 0 Å². The van der Waals surface area contributed by atoms with Gasteiger partial charge in [-0.2, -0.15) is 0 Å². The van der Waals surface area contributed by atoms with Gasteiger partial charge in [0.2, 0.25) is 0 Å². The number of rotatable bonds is 5. The Morgan fingerprint density at radius 2 is 1.86 bits per heavy atom. The Morgan fingerprint density at radius 3 is 2.55 bits per heavy atom. The second-order valence-corrected chi connectivity index (χ2v) is 6.80. The summed E-state index contributed by atoms with van der Waals surface area (Å²) in [4.78, 5) is 9.29. The number of nitrogens with zero attached hydrogens (tertiary/aromatic N) is 3. The molecule has 0 atom stereocenters. The van der Waals surface area contributed by atoms with Crippen LogP contribution in [0.3, 0.4) is 0 Å². The Hall–Kier alpha value is -1.75. The quantitative estimate of drug-likeness (QED) is 0.909. The number of piperidine rings is 1. The second-order valence-electron chi connectivity index (χ2n) is 5.96. The van der Waals surface area contributed by atoms with Gasteiger partial charge in [0.1, 0.15) is 0 Å². The van der Waals surface area contributed by atoms with Crippen LogP contribution in [0.1, 0.15) is 25.0 Å². The third-order valence-electron chi connectivity index (χ3n) is 4.02. The van der Waals surface area contributed by atoms with Gasteiger partial charge < -0.3 is 15.1 Å². The van der Waals surface area contributed by atoms with Gasteiger partial charge >= 0.3 is 0 Å². The van der Waals surface area contributed by atoms with Crippen molar-refractivity contribution in [3.05, 3.63) is 35.3 Å². The van der Waals surface area contributed by atoms with E-state index in [4.69, 9.17) is 4.98 Å². The highest BCUT2D eigenvalue weighted by Gasteiger charge is 2.14. The fraction of sp³-hybridized carbons (Fsp3) is 0.471. The van der Waals surface area contributed by atoms with E-state index in [9.17, 15) is 0 Å². The first-order valence-electron chi connectivity index (χ1n) is 7.93. The molecule has 0 bridgehead atoms. The molecule has 3 rings (SSSR count). The summed E-state index contributed by atoms with van der Waals surface area (Å²) in [5, 5.41) is 6.80. The van der Waals surface area contributed by atoms with Gasteiger partial charge in [0.05, 0.1) is 12.2 Å². The third-order valence-corrected chi connectivity index (χ3v) is 4.97. The van der Waals surface area contributed by atoms with Crippen LogP contribution in [0.5, 0.6) is 0 Å². The Bertz CT molecular complexity index is 585. The largest absolute Gasteiger partial charge is 0.379 e. The van der Waals surface area contributed by atoms with Crippen LogP contribution < -0.4 is 15.1 Å². The number of hydrogen-bond donors (Lipinski definition) is 1. The molecule has 1 aromatic carbocycles. The van der Waals surface area contributed by atoms with Crippen molar-refractivity contribution in [2.75, 3.05) is 42.3 Å². The lowest BCUT2D eigenvalue weighted by molar-refractivity contribution is 0.576. The predicted molar refractivity (Wildman–Crippen MR) is 96.3 cm³/mol. The lowest BCUT2D eigenvalue weighted by Crippen LogP contribution is -2.29. The molecule has 2 heterocycles. The molecule has 4 nitrogen and oxygen atoms in total. The highest BCUT2D eigenvalue weighted by atomic mass is 32.1. The van der Waals surface area contributed by atoms with Crippen LogP contribution >= 0.6 is 11.3 Å². The van der Waals surface area contributed by atoms with Crippen LogP contribution in [-0.2, 0) is 6.54 Å². The molecular formula is C17H24N4S. The van der Waals surface area contributed by atoms with E-state index in [2.05, 4.69) is 58.9 Å². The Morgan fingerprint density at radius 1 is 1.14 bits per heavy atom. The van der Waals surface area contributed by atoms with Crippen molar-refractivity contribution < 1.29 is 0 Å². The van der Waals surface area contributed by atoms with Crippen LogP contribution in [0.15, 0.2) is 29.6 Å². The maximum absolute atomic E-state index is 4.77. The molecule has 1 saturated heterocycles. The fourth-order valence-corrected chi connectivity index (χ4v) is 3.56. The topological polar surface area (TPSA) is 31.4 Å². The van der Waals surface area contributed by atoms with E-state index in [1.54, 1.807) is 11.3 Å². The molecule has 0 unspecified atom stereocenters. The molecule has 1 aromatic heterocycles. The van der Waals surface area contributed by atoms with Crippen molar-refractivity contribution in [3.8, 4) is 0 Å². The summed E-state index contributed by atoms with van der Waals surface area (Å²) in [6, 6.07) is 8.49. The van der Waals surface area contributed by atoms with E-state index in [0.29, 0.717) is 0 Å². The summed E-state index contributed by atoms with van der Waals surface area (Å²) in [5.41, 5.74) is 3.48. The fourth-order valence-electron chi connectivity index (χ4n) is 2.68. The average molecular weight is 316 g/mol. The minimum absolute atomic E-state index is 0.783. The van der Waals surface area contributed by atoms with Crippen molar-refractivity contribution in [3.63, 3.8) is 0 Å². The van der Waals surface area contributed by atoms with E-state index in [1.807, 2.05) is 0 Å². The molecule has 22 heavy (non-hydrogen) atoms. The number of nitrogens with one attached hydrogen (secondary N) is 1. The monoisotopic (exact) mass is 316 g/mol. The average Bonchev–Trinajstić information content (AvgIpc) is 3.03. The minimum atomic E-state index is 0.783. The standard InChI is InChI=1S/C17H24N4S/c1-20(2)16-8-6-14(7-9-16)18-12-15-13-22-17(19-15)21-10-4-3-5-11-21/h6-9,13,18H,3-5,10-12H2,1-2H3. The molecule has 1 aliphatic rings. The van der Waals surface area contributed by atoms with Crippen molar-refractivity contribution in [1.29, 1.82) is 0 Å². The number of benzene rings is 1. The van der Waals surface area contributed by atoms with Crippen LogP contribution in [0, 0.1) is 0 Å². The molecule has 0 radical (unpaired) electrons. The van der Waals surface area contributed by atoms with Gasteiger partial charge in [-0.25, -0.2) is 4.98 Å². The third kappa shape index (κ3) is 3.71. The van der Waals surface area contributed by atoms with E-state index in [0.717, 1.165) is 31.0 Å². The summed E-state index contributed by atoms with van der Waals surface area (Å²) in [5.74, 6) is 0. The van der Waals surface area contributed by atoms with Gasteiger partial charge in [-0.05, 0) is 43.5 Å². The van der Waals surface area contributed by atoms with E-state index >= 15 is 0 Å². The molecule has 0 amide bonds. The maximum Gasteiger partial charge on any atom is 0.185 e. The molecular weight excluding hydrogens is 292 g/mol. The summed E-state index contributed by atoms with van der Waals surface area (Å²) in [6.07, 6.45) is 3.95. The number of anilines is 3. The van der Waals surface area contributed by atoms with E-state index in [-0.39, 0.29) is 0 Å². The molecule has 0 spiro atoms. The highest BCUT2D eigenvalue weighted by molar-refractivity contribution is 7.13. The predicted octanol–water partition coefficient (Wildman–Crippen LogP) is 3.81. The van der Waals surface area contributed by atoms with Gasteiger partial charge in [0.25, 0.3) is 0 Å². The van der Waals surface area contributed by atoms with E-state index < -0.39 is 0 Å². The van der Waals surface area contributed by atoms with Crippen molar-refractivity contribution in [2.45, 2.75) is 25.8 Å². The molecule has 0 saturated carbocycles. The van der Waals surface area contributed by atoms with Gasteiger partial charge in [-0.1, -0.05) is 0 Å². The molecule has 1 fully saturated rings. The second kappa shape index (κ2) is 7.01. The van der Waals surface area contributed by atoms with Crippen LogP contribution in [0.25, 0.3) is 0 Å². The van der Waals surface area contributed by atoms with Gasteiger partial charge in [0.15, 0.2) is 5.13 Å². The molecule has 2 aromatic rings. The first-order valence-corrected chi connectivity index (χ1v) is 8.81. The molecule has 5 heteroatoms. The lowest BCUT2D eigenvalue weighted by Gasteiger charge is -2.25. The summed E-state index contributed by atoms with van der Waals surface area (Å²) in [7, 11) is 4.11. The Kier molecular flexibility index (Phi) is 4.83. The normalized spacial score (nSPS) is 14.9. The first kappa shape index (κ1) is 15.2.